The molecule has 2 atom stereocenters. The second-order valence-corrected chi connectivity index (χ2v) is 6.38. The highest BCUT2D eigenvalue weighted by atomic mass is 32.1. The molecule has 0 spiro atoms. The van der Waals surface area contributed by atoms with Crippen LogP contribution in [-0.4, -0.2) is 0 Å². The predicted octanol–water partition coefficient (Wildman–Crippen LogP) is 3.57. The maximum Gasteiger partial charge on any atom is 0.0578 e. The molecule has 2 unspecified atom stereocenters. The molecule has 2 rings (SSSR count). The van der Waals surface area contributed by atoms with Crippen LogP contribution in [0.5, 0.6) is 0 Å². The lowest BCUT2D eigenvalue weighted by atomic mass is 9.94. The Morgan fingerprint density at radius 3 is 2.82 bits per heavy atom. The molecule has 2 nitrogen and oxygen atoms in total. The van der Waals surface area contributed by atoms with Crippen LogP contribution in [0, 0.1) is 5.92 Å². The minimum absolute atomic E-state index is 0.338. The Balaban J connectivity index is 2.16. The molecule has 0 fully saturated rings. The summed E-state index contributed by atoms with van der Waals surface area (Å²) in [6, 6.07) is 2.74. The third-order valence-corrected chi connectivity index (χ3v) is 5.13. The molecule has 1 aliphatic rings. The minimum atomic E-state index is 0.338. The number of nitrogens with one attached hydrogen (secondary N) is 1. The van der Waals surface area contributed by atoms with Crippen molar-refractivity contribution in [3.05, 3.63) is 21.4 Å². The molecule has 3 heteroatoms. The molecule has 96 valence electrons. The highest BCUT2D eigenvalue weighted by molar-refractivity contribution is 7.12. The Morgan fingerprint density at radius 2 is 2.18 bits per heavy atom. The number of rotatable bonds is 5. The predicted molar refractivity (Wildman–Crippen MR) is 75.1 cm³/mol. The smallest absolute Gasteiger partial charge is 0.0578 e. The van der Waals surface area contributed by atoms with Crippen molar-refractivity contribution in [3.8, 4) is 0 Å². The van der Waals surface area contributed by atoms with Gasteiger partial charge in [-0.15, -0.1) is 11.3 Å². The summed E-state index contributed by atoms with van der Waals surface area (Å²) in [7, 11) is 0. The van der Waals surface area contributed by atoms with E-state index in [-0.39, 0.29) is 0 Å². The lowest BCUT2D eigenvalue weighted by molar-refractivity contribution is 0.373. The van der Waals surface area contributed by atoms with Crippen LogP contribution >= 0.6 is 11.3 Å². The molecule has 3 N–H and O–H groups in total. The van der Waals surface area contributed by atoms with E-state index in [0.29, 0.717) is 12.0 Å². The second-order valence-electron chi connectivity index (χ2n) is 5.21. The van der Waals surface area contributed by atoms with E-state index in [1.807, 2.05) is 11.3 Å². The first-order chi connectivity index (χ1) is 8.26. The molecular weight excluding hydrogens is 228 g/mol. The van der Waals surface area contributed by atoms with Crippen LogP contribution in [-0.2, 0) is 12.8 Å². The van der Waals surface area contributed by atoms with E-state index in [9.17, 15) is 0 Å². The summed E-state index contributed by atoms with van der Waals surface area (Å²) < 4.78 is 0. The molecule has 1 aromatic heterocycles. The van der Waals surface area contributed by atoms with Gasteiger partial charge in [-0.1, -0.05) is 20.3 Å². The number of nitrogens with two attached hydrogens (primary N) is 1. The molecule has 0 aliphatic heterocycles. The highest BCUT2D eigenvalue weighted by Crippen LogP contribution is 2.36. The van der Waals surface area contributed by atoms with Crippen molar-refractivity contribution in [3.63, 3.8) is 0 Å². The lowest BCUT2D eigenvalue weighted by Gasteiger charge is -2.21. The Bertz CT molecular complexity index is 336. The van der Waals surface area contributed by atoms with E-state index in [1.165, 1.54) is 43.4 Å². The van der Waals surface area contributed by atoms with Gasteiger partial charge in [0.2, 0.25) is 0 Å². The van der Waals surface area contributed by atoms with Gasteiger partial charge in [0.1, 0.15) is 0 Å². The van der Waals surface area contributed by atoms with Gasteiger partial charge in [0.05, 0.1) is 6.04 Å². The standard InChI is InChI=1S/C14H24N2S/c1-3-6-10(2)14(16-15)13-9-11-7-4-5-8-12(11)17-13/h9-10,14,16H,3-8,15H2,1-2H3. The summed E-state index contributed by atoms with van der Waals surface area (Å²) >= 11 is 1.98. The maximum absolute atomic E-state index is 5.75. The van der Waals surface area contributed by atoms with Crippen LogP contribution in [0.25, 0.3) is 0 Å². The van der Waals surface area contributed by atoms with Crippen LogP contribution in [0.1, 0.15) is 60.9 Å². The second kappa shape index (κ2) is 5.98. The molecule has 0 saturated carbocycles. The van der Waals surface area contributed by atoms with Crippen molar-refractivity contribution in [1.82, 2.24) is 5.43 Å². The summed E-state index contributed by atoms with van der Waals surface area (Å²) in [5.41, 5.74) is 4.61. The molecule has 1 aromatic rings. The van der Waals surface area contributed by atoms with Gasteiger partial charge in [-0.2, -0.15) is 0 Å². The fraction of sp³-hybridized carbons (Fsp3) is 0.714. The molecule has 0 radical (unpaired) electrons. The number of hydrogen-bond donors (Lipinski definition) is 2. The van der Waals surface area contributed by atoms with E-state index in [1.54, 1.807) is 10.4 Å². The van der Waals surface area contributed by atoms with Gasteiger partial charge < -0.3 is 0 Å². The van der Waals surface area contributed by atoms with Gasteiger partial charge in [-0.25, -0.2) is 0 Å². The largest absolute Gasteiger partial charge is 0.271 e. The van der Waals surface area contributed by atoms with Crippen molar-refractivity contribution in [2.75, 3.05) is 0 Å². The molecule has 0 saturated heterocycles. The van der Waals surface area contributed by atoms with Crippen molar-refractivity contribution in [2.45, 2.75) is 58.4 Å². The van der Waals surface area contributed by atoms with Gasteiger partial charge in [-0.05, 0) is 49.7 Å². The van der Waals surface area contributed by atoms with Crippen LogP contribution in [0.3, 0.4) is 0 Å². The Morgan fingerprint density at radius 1 is 1.41 bits per heavy atom. The molecule has 1 aliphatic carbocycles. The molecule has 1 heterocycles. The van der Waals surface area contributed by atoms with E-state index >= 15 is 0 Å². The van der Waals surface area contributed by atoms with Crippen molar-refractivity contribution in [2.24, 2.45) is 11.8 Å². The van der Waals surface area contributed by atoms with Crippen molar-refractivity contribution >= 4 is 11.3 Å². The maximum atomic E-state index is 5.75. The van der Waals surface area contributed by atoms with E-state index in [2.05, 4.69) is 25.3 Å². The monoisotopic (exact) mass is 252 g/mol. The summed E-state index contributed by atoms with van der Waals surface area (Å²) in [4.78, 5) is 3.05. The minimum Gasteiger partial charge on any atom is -0.271 e. The number of hydrogen-bond acceptors (Lipinski definition) is 3. The van der Waals surface area contributed by atoms with Gasteiger partial charge in [0.15, 0.2) is 0 Å². The quantitative estimate of drug-likeness (QED) is 0.621. The highest BCUT2D eigenvalue weighted by Gasteiger charge is 2.22. The molecule has 0 amide bonds. The SMILES string of the molecule is CCCC(C)C(NN)c1cc2c(s1)CCCC2. The first kappa shape index (κ1) is 13.1. The summed E-state index contributed by atoms with van der Waals surface area (Å²) in [6.07, 6.45) is 7.72. The molecule has 17 heavy (non-hydrogen) atoms. The Hall–Kier alpha value is -0.380. The van der Waals surface area contributed by atoms with Crippen LogP contribution < -0.4 is 11.3 Å². The summed E-state index contributed by atoms with van der Waals surface area (Å²) in [5.74, 6) is 6.37. The number of thiophene rings is 1. The van der Waals surface area contributed by atoms with E-state index in [0.717, 1.165) is 0 Å². The molecule has 0 bridgehead atoms. The Kier molecular flexibility index (Phi) is 4.60. The van der Waals surface area contributed by atoms with Gasteiger partial charge in [0.25, 0.3) is 0 Å². The molecule has 0 aromatic carbocycles. The number of hydrazine groups is 1. The first-order valence-electron chi connectivity index (χ1n) is 6.83. The number of aryl methyl sites for hydroxylation is 2. The fourth-order valence-electron chi connectivity index (χ4n) is 2.82. The third-order valence-electron chi connectivity index (χ3n) is 3.81. The van der Waals surface area contributed by atoms with Crippen LogP contribution in [0.2, 0.25) is 0 Å². The van der Waals surface area contributed by atoms with Gasteiger partial charge >= 0.3 is 0 Å². The molecular formula is C14H24N2S. The van der Waals surface area contributed by atoms with Crippen molar-refractivity contribution < 1.29 is 0 Å². The lowest BCUT2D eigenvalue weighted by Crippen LogP contribution is -2.31. The summed E-state index contributed by atoms with van der Waals surface area (Å²) in [6.45, 7) is 4.54. The average molecular weight is 252 g/mol. The topological polar surface area (TPSA) is 38.0 Å². The average Bonchev–Trinajstić information content (AvgIpc) is 2.73. The zero-order chi connectivity index (χ0) is 12.3. The third kappa shape index (κ3) is 2.90. The van der Waals surface area contributed by atoms with Crippen LogP contribution in [0.4, 0.5) is 0 Å². The fourth-order valence-corrected chi connectivity index (χ4v) is 4.27. The van der Waals surface area contributed by atoms with Gasteiger partial charge in [0, 0.05) is 9.75 Å². The zero-order valence-electron chi connectivity index (χ0n) is 11.0. The van der Waals surface area contributed by atoms with Crippen LogP contribution in [0.15, 0.2) is 6.07 Å². The summed E-state index contributed by atoms with van der Waals surface area (Å²) in [5, 5.41) is 0. The van der Waals surface area contributed by atoms with Crippen molar-refractivity contribution in [1.29, 1.82) is 0 Å². The van der Waals surface area contributed by atoms with Gasteiger partial charge in [-0.3, -0.25) is 11.3 Å². The van der Waals surface area contributed by atoms with E-state index < -0.39 is 0 Å². The zero-order valence-corrected chi connectivity index (χ0v) is 11.8. The number of fused-ring (bicyclic) bond motifs is 1. The van der Waals surface area contributed by atoms with E-state index in [4.69, 9.17) is 5.84 Å². The normalized spacial score (nSPS) is 18.8. The Labute approximate surface area is 109 Å². The first-order valence-corrected chi connectivity index (χ1v) is 7.65.